The van der Waals surface area contributed by atoms with E-state index in [1.165, 1.54) is 5.39 Å². The van der Waals surface area contributed by atoms with Gasteiger partial charge in [0.2, 0.25) is 0 Å². The summed E-state index contributed by atoms with van der Waals surface area (Å²) in [5.74, 6) is 0. The molecule has 0 amide bonds. The molecule has 0 fully saturated rings. The van der Waals surface area contributed by atoms with Crippen LogP contribution in [0.4, 0.5) is 0 Å². The number of para-hydroxylation sites is 2. The second-order valence-corrected chi connectivity index (χ2v) is 5.81. The number of hydrogen-bond donors (Lipinski definition) is 0. The number of nitrogens with zero attached hydrogens (tertiary/aromatic N) is 3. The fourth-order valence-electron chi connectivity index (χ4n) is 2.47. The third kappa shape index (κ3) is 5.54. The van der Waals surface area contributed by atoms with Crippen LogP contribution in [0.5, 0.6) is 0 Å². The molecule has 0 bridgehead atoms. The van der Waals surface area contributed by atoms with E-state index in [1.807, 2.05) is 79.1 Å². The minimum absolute atomic E-state index is 0.729. The maximum absolute atomic E-state index is 10.0. The number of aromatic nitrogens is 3. The standard InChI is InChI=1S/C9H7N.C8H6N2.C7H6O/c1-2-6-9-8(4-1)5-3-7-10-9;1-2-4-8-7(3-1)5-9-6-10-8;8-6-7-4-2-1-3-5-7/h1-7H;1-6H;1-6H. The monoisotopic (exact) mass is 365 g/mol. The Kier molecular flexibility index (Phi) is 6.93. The van der Waals surface area contributed by atoms with Crippen LogP contribution in [0, 0.1) is 0 Å². The fraction of sp³-hybridized carbons (Fsp3) is 0. The highest BCUT2D eigenvalue weighted by Gasteiger charge is 1.88. The molecule has 0 saturated heterocycles. The maximum atomic E-state index is 10.0. The third-order valence-corrected chi connectivity index (χ3v) is 3.86. The SMILES string of the molecule is O=Cc1ccccc1.c1ccc2ncccc2c1.c1ccc2ncncc2c1. The number of carbonyl (C=O) groups excluding carboxylic acids is 1. The first-order valence-corrected chi connectivity index (χ1v) is 8.81. The van der Waals surface area contributed by atoms with Gasteiger partial charge in [0.1, 0.15) is 12.6 Å². The molecule has 5 rings (SSSR count). The summed E-state index contributed by atoms with van der Waals surface area (Å²) in [5, 5.41) is 2.29. The molecule has 0 aliphatic rings. The zero-order valence-electron chi connectivity index (χ0n) is 15.2. The Morgan fingerprint density at radius 3 is 1.86 bits per heavy atom. The maximum Gasteiger partial charge on any atom is 0.150 e. The average molecular weight is 365 g/mol. The lowest BCUT2D eigenvalue weighted by molar-refractivity contribution is 0.112. The lowest BCUT2D eigenvalue weighted by Crippen LogP contribution is -1.77. The largest absolute Gasteiger partial charge is 0.298 e. The van der Waals surface area contributed by atoms with Gasteiger partial charge in [0.25, 0.3) is 0 Å². The molecule has 0 aliphatic carbocycles. The molecule has 0 atom stereocenters. The van der Waals surface area contributed by atoms with E-state index in [2.05, 4.69) is 27.1 Å². The Hall–Kier alpha value is -3.92. The third-order valence-electron chi connectivity index (χ3n) is 3.86. The van der Waals surface area contributed by atoms with E-state index in [9.17, 15) is 4.79 Å². The van der Waals surface area contributed by atoms with Crippen molar-refractivity contribution in [1.82, 2.24) is 15.0 Å². The van der Waals surface area contributed by atoms with E-state index in [-0.39, 0.29) is 0 Å². The van der Waals surface area contributed by atoms with Crippen LogP contribution in [-0.4, -0.2) is 21.2 Å². The van der Waals surface area contributed by atoms with E-state index >= 15 is 0 Å². The first-order chi connectivity index (χ1) is 13.9. The number of aldehydes is 1. The Morgan fingerprint density at radius 1 is 0.607 bits per heavy atom. The second-order valence-electron chi connectivity index (χ2n) is 5.81. The number of benzene rings is 3. The van der Waals surface area contributed by atoms with Crippen molar-refractivity contribution in [1.29, 1.82) is 0 Å². The summed E-state index contributed by atoms with van der Waals surface area (Å²) >= 11 is 0. The van der Waals surface area contributed by atoms with E-state index in [0.717, 1.165) is 28.3 Å². The van der Waals surface area contributed by atoms with Crippen LogP contribution in [0.15, 0.2) is 110 Å². The van der Waals surface area contributed by atoms with Crippen molar-refractivity contribution >= 4 is 28.1 Å². The van der Waals surface area contributed by atoms with E-state index in [4.69, 9.17) is 0 Å². The Morgan fingerprint density at radius 2 is 1.21 bits per heavy atom. The first-order valence-electron chi connectivity index (χ1n) is 8.81. The van der Waals surface area contributed by atoms with E-state index in [0.29, 0.717) is 0 Å². The molecule has 28 heavy (non-hydrogen) atoms. The van der Waals surface area contributed by atoms with E-state index in [1.54, 1.807) is 18.5 Å². The molecule has 136 valence electrons. The number of hydrogen-bond acceptors (Lipinski definition) is 4. The topological polar surface area (TPSA) is 55.7 Å². The highest BCUT2D eigenvalue weighted by molar-refractivity contribution is 5.78. The van der Waals surface area contributed by atoms with Crippen molar-refractivity contribution in [3.8, 4) is 0 Å². The second kappa shape index (κ2) is 10.3. The van der Waals surface area contributed by atoms with Gasteiger partial charge in [-0.05, 0) is 18.2 Å². The van der Waals surface area contributed by atoms with Gasteiger partial charge in [0, 0.05) is 28.7 Å². The van der Waals surface area contributed by atoms with Gasteiger partial charge in [-0.2, -0.15) is 0 Å². The van der Waals surface area contributed by atoms with Gasteiger partial charge in [-0.1, -0.05) is 72.8 Å². The Balaban J connectivity index is 0.000000122. The molecule has 0 saturated carbocycles. The Bertz CT molecular complexity index is 942. The van der Waals surface area contributed by atoms with Gasteiger partial charge in [0.15, 0.2) is 0 Å². The van der Waals surface area contributed by atoms with Crippen LogP contribution in [0.3, 0.4) is 0 Å². The summed E-state index contributed by atoms with van der Waals surface area (Å²) in [6, 6.07) is 29.1. The van der Waals surface area contributed by atoms with Gasteiger partial charge in [-0.15, -0.1) is 0 Å². The molecule has 5 aromatic rings. The molecule has 0 N–H and O–H groups in total. The molecule has 2 heterocycles. The van der Waals surface area contributed by atoms with Crippen molar-refractivity contribution in [2.45, 2.75) is 0 Å². The molecule has 3 aromatic carbocycles. The van der Waals surface area contributed by atoms with Crippen LogP contribution >= 0.6 is 0 Å². The lowest BCUT2D eigenvalue weighted by atomic mass is 10.2. The van der Waals surface area contributed by atoms with Crippen LogP contribution < -0.4 is 0 Å². The minimum Gasteiger partial charge on any atom is -0.298 e. The van der Waals surface area contributed by atoms with Crippen LogP contribution in [0.2, 0.25) is 0 Å². The smallest absolute Gasteiger partial charge is 0.150 e. The summed E-state index contributed by atoms with van der Waals surface area (Å²) in [7, 11) is 0. The molecule has 4 nitrogen and oxygen atoms in total. The number of rotatable bonds is 1. The van der Waals surface area contributed by atoms with Crippen molar-refractivity contribution in [3.05, 3.63) is 115 Å². The predicted octanol–water partition coefficient (Wildman–Crippen LogP) is 5.36. The molecule has 2 aromatic heterocycles. The van der Waals surface area contributed by atoms with Crippen LogP contribution in [0.25, 0.3) is 21.8 Å². The Labute approximate surface area is 163 Å². The highest BCUT2D eigenvalue weighted by Crippen LogP contribution is 2.08. The van der Waals surface area contributed by atoms with Gasteiger partial charge in [-0.25, -0.2) is 9.97 Å². The molecule has 0 unspecified atom stereocenters. The summed E-state index contributed by atoms with van der Waals surface area (Å²) in [6.45, 7) is 0. The molecular weight excluding hydrogens is 346 g/mol. The van der Waals surface area contributed by atoms with Crippen molar-refractivity contribution in [2.75, 3.05) is 0 Å². The molecule has 0 spiro atoms. The lowest BCUT2D eigenvalue weighted by Gasteiger charge is -1.91. The fourth-order valence-corrected chi connectivity index (χ4v) is 2.47. The van der Waals surface area contributed by atoms with Crippen molar-refractivity contribution < 1.29 is 4.79 Å². The summed E-state index contributed by atoms with van der Waals surface area (Å²) < 4.78 is 0. The van der Waals surface area contributed by atoms with E-state index < -0.39 is 0 Å². The molecule has 0 aliphatic heterocycles. The summed E-state index contributed by atoms with van der Waals surface area (Å²) in [4.78, 5) is 22.2. The van der Waals surface area contributed by atoms with Gasteiger partial charge < -0.3 is 0 Å². The van der Waals surface area contributed by atoms with Crippen LogP contribution in [-0.2, 0) is 0 Å². The molecule has 0 radical (unpaired) electrons. The number of carbonyl (C=O) groups is 1. The molecular formula is C24H19N3O. The zero-order chi connectivity index (χ0) is 19.4. The van der Waals surface area contributed by atoms with Crippen molar-refractivity contribution in [2.24, 2.45) is 0 Å². The minimum atomic E-state index is 0.729. The quantitative estimate of drug-likeness (QED) is 0.375. The van der Waals surface area contributed by atoms with Crippen molar-refractivity contribution in [3.63, 3.8) is 0 Å². The van der Waals surface area contributed by atoms with Gasteiger partial charge in [-0.3, -0.25) is 9.78 Å². The highest BCUT2D eigenvalue weighted by atomic mass is 16.1. The van der Waals surface area contributed by atoms with Crippen LogP contribution in [0.1, 0.15) is 10.4 Å². The zero-order valence-corrected chi connectivity index (χ0v) is 15.2. The summed E-state index contributed by atoms with van der Waals surface area (Å²) in [6.07, 6.45) is 6.01. The van der Waals surface area contributed by atoms with Gasteiger partial charge >= 0.3 is 0 Å². The number of fused-ring (bicyclic) bond motifs is 2. The average Bonchev–Trinajstić information content (AvgIpc) is 2.81. The number of pyridine rings is 1. The summed E-state index contributed by atoms with van der Waals surface area (Å²) in [5.41, 5.74) is 2.79. The molecule has 4 heteroatoms. The first kappa shape index (κ1) is 18.9. The predicted molar refractivity (Wildman–Crippen MR) is 113 cm³/mol. The normalized spacial score (nSPS) is 9.57. The van der Waals surface area contributed by atoms with Gasteiger partial charge in [0.05, 0.1) is 11.0 Å².